The summed E-state index contributed by atoms with van der Waals surface area (Å²) >= 11 is 6.24. The van der Waals surface area contributed by atoms with Crippen molar-refractivity contribution in [3.63, 3.8) is 0 Å². The van der Waals surface area contributed by atoms with Crippen molar-refractivity contribution < 1.29 is 16.8 Å². The Morgan fingerprint density at radius 1 is 0.759 bits per heavy atom. The van der Waals surface area contributed by atoms with E-state index in [1.165, 1.54) is 26.8 Å². The minimum atomic E-state index is -3.88. The zero-order valence-corrected chi connectivity index (χ0v) is 19.9. The van der Waals surface area contributed by atoms with Crippen LogP contribution < -0.4 is 0 Å². The van der Waals surface area contributed by atoms with Crippen LogP contribution in [0.15, 0.2) is 28.0 Å². The van der Waals surface area contributed by atoms with Gasteiger partial charge in [0.15, 0.2) is 0 Å². The van der Waals surface area contributed by atoms with Crippen LogP contribution in [0.1, 0.15) is 40.5 Å². The van der Waals surface area contributed by atoms with Gasteiger partial charge in [0.1, 0.15) is 4.90 Å². The van der Waals surface area contributed by atoms with Gasteiger partial charge in [-0.15, -0.1) is 0 Å². The Hall–Kier alpha value is -0.670. The molecule has 2 aliphatic rings. The maximum absolute atomic E-state index is 13.3. The molecule has 9 heteroatoms. The van der Waals surface area contributed by atoms with Crippen molar-refractivity contribution in [3.05, 3.63) is 23.2 Å². The summed E-state index contributed by atoms with van der Waals surface area (Å²) in [7, 11) is -7.66. The number of hydrogen-bond acceptors (Lipinski definition) is 4. The first-order valence-corrected chi connectivity index (χ1v) is 13.5. The summed E-state index contributed by atoms with van der Waals surface area (Å²) in [6, 6.07) is 4.03. The van der Waals surface area contributed by atoms with Crippen LogP contribution >= 0.6 is 11.6 Å². The zero-order valence-electron chi connectivity index (χ0n) is 17.5. The van der Waals surface area contributed by atoms with Crippen LogP contribution in [0.3, 0.4) is 0 Å². The Bertz CT molecular complexity index is 945. The van der Waals surface area contributed by atoms with Gasteiger partial charge >= 0.3 is 0 Å². The fourth-order valence-electron chi connectivity index (χ4n) is 4.73. The normalized spacial score (nSPS) is 30.4. The molecule has 0 aromatic heterocycles. The second kappa shape index (κ2) is 8.46. The van der Waals surface area contributed by atoms with E-state index in [1.54, 1.807) is 0 Å². The van der Waals surface area contributed by atoms with Gasteiger partial charge in [0, 0.05) is 26.2 Å². The first kappa shape index (κ1) is 23.0. The lowest BCUT2D eigenvalue weighted by Gasteiger charge is -2.35. The van der Waals surface area contributed by atoms with E-state index in [2.05, 4.69) is 0 Å². The summed E-state index contributed by atoms with van der Waals surface area (Å²) in [4.78, 5) is -0.139. The predicted octanol–water partition coefficient (Wildman–Crippen LogP) is 3.67. The van der Waals surface area contributed by atoms with E-state index in [4.69, 9.17) is 11.6 Å². The van der Waals surface area contributed by atoms with Crippen molar-refractivity contribution in [2.45, 2.75) is 50.3 Å². The molecule has 0 bridgehead atoms. The third kappa shape index (κ3) is 4.82. The molecular weight excluding hydrogens is 432 g/mol. The van der Waals surface area contributed by atoms with Crippen molar-refractivity contribution in [1.82, 2.24) is 8.61 Å². The predicted molar refractivity (Wildman–Crippen MR) is 115 cm³/mol. The summed E-state index contributed by atoms with van der Waals surface area (Å²) in [5, 5.41) is 0.0511. The third-order valence-corrected chi connectivity index (χ3v) is 9.97. The van der Waals surface area contributed by atoms with Crippen molar-refractivity contribution in [3.8, 4) is 0 Å². The fraction of sp³-hybridized carbons (Fsp3) is 0.700. The molecular formula is C20H31ClN2O4S2. The highest BCUT2D eigenvalue weighted by Gasteiger charge is 2.36. The Kier molecular flexibility index (Phi) is 6.71. The number of piperidine rings is 2. The van der Waals surface area contributed by atoms with Gasteiger partial charge in [0.25, 0.3) is 0 Å². The molecule has 0 aliphatic carbocycles. The molecule has 0 N–H and O–H groups in total. The topological polar surface area (TPSA) is 74.8 Å². The molecule has 2 fully saturated rings. The van der Waals surface area contributed by atoms with Gasteiger partial charge in [-0.1, -0.05) is 39.3 Å². The summed E-state index contributed by atoms with van der Waals surface area (Å²) < 4.78 is 55.9. The molecule has 2 saturated heterocycles. The Morgan fingerprint density at radius 2 is 1.17 bits per heavy atom. The minimum absolute atomic E-state index is 0.0140. The quantitative estimate of drug-likeness (QED) is 0.684. The van der Waals surface area contributed by atoms with Crippen LogP contribution in [-0.2, 0) is 20.0 Å². The average Bonchev–Trinajstić information content (AvgIpc) is 2.60. The highest BCUT2D eigenvalue weighted by molar-refractivity contribution is 7.90. The van der Waals surface area contributed by atoms with E-state index in [9.17, 15) is 16.8 Å². The average molecular weight is 463 g/mol. The van der Waals surface area contributed by atoms with Crippen LogP contribution in [0, 0.1) is 23.7 Å². The molecule has 0 saturated carbocycles. The molecule has 2 aliphatic heterocycles. The van der Waals surface area contributed by atoms with Gasteiger partial charge in [-0.3, -0.25) is 0 Å². The summed E-state index contributed by atoms with van der Waals surface area (Å²) in [5.41, 5.74) is 0. The third-order valence-electron chi connectivity index (χ3n) is 5.83. The lowest BCUT2D eigenvalue weighted by atomic mass is 9.94. The molecule has 0 amide bonds. The second-order valence-corrected chi connectivity index (χ2v) is 13.4. The molecule has 3 rings (SSSR count). The molecule has 4 atom stereocenters. The summed E-state index contributed by atoms with van der Waals surface area (Å²) in [6.45, 7) is 9.85. The molecule has 0 spiro atoms. The number of sulfonamides is 2. The number of nitrogens with zero attached hydrogens (tertiary/aromatic N) is 2. The zero-order chi connectivity index (χ0) is 21.6. The number of benzene rings is 1. The van der Waals surface area contributed by atoms with Crippen LogP contribution in [0.4, 0.5) is 0 Å². The van der Waals surface area contributed by atoms with Crippen molar-refractivity contribution >= 4 is 31.6 Å². The molecule has 0 unspecified atom stereocenters. The van der Waals surface area contributed by atoms with E-state index < -0.39 is 20.0 Å². The Labute approximate surface area is 180 Å². The van der Waals surface area contributed by atoms with E-state index in [0.29, 0.717) is 26.2 Å². The fourth-order valence-corrected chi connectivity index (χ4v) is 8.70. The minimum Gasteiger partial charge on any atom is -0.207 e. The van der Waals surface area contributed by atoms with Crippen LogP contribution in [0.5, 0.6) is 0 Å². The molecule has 1 aromatic rings. The number of halogens is 1. The maximum Gasteiger partial charge on any atom is 0.244 e. The Balaban J connectivity index is 1.97. The molecule has 29 heavy (non-hydrogen) atoms. The van der Waals surface area contributed by atoms with E-state index in [0.717, 1.165) is 12.8 Å². The lowest BCUT2D eigenvalue weighted by Crippen LogP contribution is -2.43. The van der Waals surface area contributed by atoms with Crippen molar-refractivity contribution in [2.75, 3.05) is 26.2 Å². The van der Waals surface area contributed by atoms with Gasteiger partial charge in [0.2, 0.25) is 20.0 Å². The van der Waals surface area contributed by atoms with E-state index >= 15 is 0 Å². The first-order valence-electron chi connectivity index (χ1n) is 10.2. The van der Waals surface area contributed by atoms with E-state index in [1.807, 2.05) is 27.7 Å². The Morgan fingerprint density at radius 3 is 1.62 bits per heavy atom. The first-order chi connectivity index (χ1) is 13.4. The molecule has 6 nitrogen and oxygen atoms in total. The molecule has 0 radical (unpaired) electrons. The smallest absolute Gasteiger partial charge is 0.207 e. The van der Waals surface area contributed by atoms with Gasteiger partial charge in [0.05, 0.1) is 9.92 Å². The lowest BCUT2D eigenvalue weighted by molar-refractivity contribution is 0.222. The van der Waals surface area contributed by atoms with Gasteiger partial charge in [-0.25, -0.2) is 16.8 Å². The van der Waals surface area contributed by atoms with Crippen molar-refractivity contribution in [2.24, 2.45) is 23.7 Å². The SMILES string of the molecule is C[C@@H]1C[C@H](C)CN(S(=O)(=O)c2ccc(Cl)c(S(=O)(=O)N3C[C@H](C)C[C@@H](C)C3)c2)C1. The van der Waals surface area contributed by atoms with E-state index in [-0.39, 0.29) is 38.5 Å². The highest BCUT2D eigenvalue weighted by Crippen LogP contribution is 2.33. The van der Waals surface area contributed by atoms with Crippen LogP contribution in [0.2, 0.25) is 5.02 Å². The number of rotatable bonds is 4. The molecule has 2 heterocycles. The number of hydrogen-bond donors (Lipinski definition) is 0. The largest absolute Gasteiger partial charge is 0.244 e. The molecule has 164 valence electrons. The standard InChI is InChI=1S/C20H31ClN2O4S2/c1-14-7-15(2)11-22(10-14)28(24,25)18-5-6-19(21)20(9-18)29(26,27)23-12-16(3)8-17(4)13-23/h5-6,9,14-17H,7-8,10-13H2,1-4H3/t14-,15+,16-,17-/m1/s1. The van der Waals surface area contributed by atoms with Crippen LogP contribution in [-0.4, -0.2) is 51.6 Å². The summed E-state index contributed by atoms with van der Waals surface area (Å²) in [6.07, 6.45) is 1.96. The second-order valence-electron chi connectivity index (χ2n) is 9.13. The summed E-state index contributed by atoms with van der Waals surface area (Å²) in [5.74, 6) is 1.02. The highest BCUT2D eigenvalue weighted by atomic mass is 35.5. The molecule has 1 aromatic carbocycles. The maximum atomic E-state index is 13.3. The van der Waals surface area contributed by atoms with Gasteiger partial charge in [-0.05, 0) is 54.7 Å². The van der Waals surface area contributed by atoms with Gasteiger partial charge in [-0.2, -0.15) is 8.61 Å². The van der Waals surface area contributed by atoms with Crippen molar-refractivity contribution in [1.29, 1.82) is 0 Å². The monoisotopic (exact) mass is 462 g/mol. The van der Waals surface area contributed by atoms with Crippen LogP contribution in [0.25, 0.3) is 0 Å². The van der Waals surface area contributed by atoms with Gasteiger partial charge < -0.3 is 0 Å².